The normalized spacial score (nSPS) is 13.1. The second kappa shape index (κ2) is 8.78. The Morgan fingerprint density at radius 3 is 2.65 bits per heavy atom. The summed E-state index contributed by atoms with van der Waals surface area (Å²) in [7, 11) is 0. The minimum absolute atomic E-state index is 0.300. The molecular formula is C20H22N2O3S. The summed E-state index contributed by atoms with van der Waals surface area (Å²) in [6.45, 7) is 5.58. The predicted molar refractivity (Wildman–Crippen MR) is 103 cm³/mol. The fraction of sp³-hybridized carbons (Fsp3) is 0.300. The summed E-state index contributed by atoms with van der Waals surface area (Å²) in [4.78, 5) is 17.5. The number of carbonyl (C=O) groups is 1. The van der Waals surface area contributed by atoms with Crippen molar-refractivity contribution in [2.45, 2.75) is 26.5 Å². The van der Waals surface area contributed by atoms with Crippen molar-refractivity contribution >= 4 is 27.5 Å². The van der Waals surface area contributed by atoms with Crippen LogP contribution in [0.2, 0.25) is 0 Å². The van der Waals surface area contributed by atoms with E-state index in [4.69, 9.17) is 9.47 Å². The van der Waals surface area contributed by atoms with Crippen molar-refractivity contribution in [2.75, 3.05) is 13.2 Å². The van der Waals surface area contributed by atoms with Crippen LogP contribution in [0, 0.1) is 0 Å². The van der Waals surface area contributed by atoms with Gasteiger partial charge in [0.05, 0.1) is 16.8 Å². The summed E-state index contributed by atoms with van der Waals surface area (Å²) in [5.74, 6) is 0.356. The first-order chi connectivity index (χ1) is 12.7. The van der Waals surface area contributed by atoms with Gasteiger partial charge in [0.15, 0.2) is 10.9 Å². The van der Waals surface area contributed by atoms with Gasteiger partial charge in [0.2, 0.25) is 0 Å². The van der Waals surface area contributed by atoms with Crippen molar-refractivity contribution in [1.82, 2.24) is 4.57 Å². The summed E-state index contributed by atoms with van der Waals surface area (Å²) in [6, 6.07) is 17.3. The number of thiazole rings is 1. The van der Waals surface area contributed by atoms with Crippen LogP contribution >= 0.6 is 11.3 Å². The maximum atomic E-state index is 12.5. The van der Waals surface area contributed by atoms with Crippen LogP contribution in [0.3, 0.4) is 0 Å². The van der Waals surface area contributed by atoms with Crippen LogP contribution in [0.1, 0.15) is 13.8 Å². The van der Waals surface area contributed by atoms with Gasteiger partial charge in [-0.1, -0.05) is 41.7 Å². The first-order valence-electron chi connectivity index (χ1n) is 8.65. The summed E-state index contributed by atoms with van der Waals surface area (Å²) in [5, 5.41) is 0. The van der Waals surface area contributed by atoms with Crippen molar-refractivity contribution in [3.63, 3.8) is 0 Å². The van der Waals surface area contributed by atoms with Crippen LogP contribution in [0.4, 0.5) is 0 Å². The number of rotatable bonds is 7. The second-order valence-electron chi connectivity index (χ2n) is 5.72. The molecule has 0 fully saturated rings. The maximum absolute atomic E-state index is 12.5. The van der Waals surface area contributed by atoms with E-state index in [9.17, 15) is 4.79 Å². The summed E-state index contributed by atoms with van der Waals surface area (Å²) >= 11 is 1.50. The van der Waals surface area contributed by atoms with Gasteiger partial charge >= 0.3 is 0 Å². The highest BCUT2D eigenvalue weighted by atomic mass is 32.1. The smallest absolute Gasteiger partial charge is 0.289 e. The number of benzene rings is 2. The Morgan fingerprint density at radius 2 is 1.88 bits per heavy atom. The molecule has 0 saturated heterocycles. The van der Waals surface area contributed by atoms with Crippen LogP contribution in [-0.4, -0.2) is 29.8 Å². The maximum Gasteiger partial charge on any atom is 0.289 e. The molecule has 2 aromatic carbocycles. The van der Waals surface area contributed by atoms with E-state index in [0.717, 1.165) is 10.2 Å². The number of para-hydroxylation sites is 2. The Kier molecular flexibility index (Phi) is 6.20. The van der Waals surface area contributed by atoms with Gasteiger partial charge in [-0.05, 0) is 38.1 Å². The molecule has 5 nitrogen and oxygen atoms in total. The van der Waals surface area contributed by atoms with Crippen molar-refractivity contribution in [3.05, 3.63) is 59.4 Å². The lowest BCUT2D eigenvalue weighted by Gasteiger charge is -2.11. The first kappa shape index (κ1) is 18.4. The average molecular weight is 370 g/mol. The fourth-order valence-electron chi connectivity index (χ4n) is 2.56. The Balaban J connectivity index is 1.87. The van der Waals surface area contributed by atoms with E-state index >= 15 is 0 Å². The molecule has 1 amide bonds. The predicted octanol–water partition coefficient (Wildman–Crippen LogP) is 3.63. The zero-order chi connectivity index (χ0) is 18.4. The van der Waals surface area contributed by atoms with E-state index in [1.165, 1.54) is 11.3 Å². The van der Waals surface area contributed by atoms with Gasteiger partial charge in [0.25, 0.3) is 5.91 Å². The molecule has 136 valence electrons. The molecule has 0 N–H and O–H groups in total. The fourth-order valence-corrected chi connectivity index (χ4v) is 3.62. The van der Waals surface area contributed by atoms with Gasteiger partial charge in [0.1, 0.15) is 5.75 Å². The van der Waals surface area contributed by atoms with E-state index in [1.807, 2.05) is 66.1 Å². The number of fused-ring (bicyclic) bond motifs is 1. The molecule has 0 bridgehead atoms. The number of hydrogen-bond donors (Lipinski definition) is 0. The number of amides is 1. The van der Waals surface area contributed by atoms with E-state index in [1.54, 1.807) is 6.92 Å². The van der Waals surface area contributed by atoms with Crippen LogP contribution in [-0.2, 0) is 16.1 Å². The zero-order valence-electron chi connectivity index (χ0n) is 14.9. The lowest BCUT2D eigenvalue weighted by Crippen LogP contribution is -2.26. The number of aromatic nitrogens is 1. The number of nitrogens with zero attached hydrogens (tertiary/aromatic N) is 2. The average Bonchev–Trinajstić information content (AvgIpc) is 3.00. The summed E-state index contributed by atoms with van der Waals surface area (Å²) in [6.07, 6.45) is -0.650. The molecule has 1 heterocycles. The van der Waals surface area contributed by atoms with Crippen molar-refractivity contribution in [3.8, 4) is 5.75 Å². The third kappa shape index (κ3) is 4.39. The molecule has 3 rings (SSSR count). The van der Waals surface area contributed by atoms with Crippen LogP contribution in [0.25, 0.3) is 10.2 Å². The Hall–Kier alpha value is -2.44. The highest BCUT2D eigenvalue weighted by Gasteiger charge is 2.15. The van der Waals surface area contributed by atoms with Gasteiger partial charge in [-0.3, -0.25) is 4.79 Å². The minimum Gasteiger partial charge on any atom is -0.481 e. The molecule has 0 spiro atoms. The quantitative estimate of drug-likeness (QED) is 0.597. The summed E-state index contributed by atoms with van der Waals surface area (Å²) in [5.41, 5.74) is 1.06. The summed E-state index contributed by atoms with van der Waals surface area (Å²) < 4.78 is 14.3. The molecular weight excluding hydrogens is 348 g/mol. The molecule has 1 unspecified atom stereocenters. The van der Waals surface area contributed by atoms with Gasteiger partial charge in [-0.25, -0.2) is 0 Å². The number of hydrogen-bond acceptors (Lipinski definition) is 4. The van der Waals surface area contributed by atoms with Crippen molar-refractivity contribution in [2.24, 2.45) is 4.99 Å². The van der Waals surface area contributed by atoms with E-state index in [-0.39, 0.29) is 5.91 Å². The number of ether oxygens (including phenoxy) is 2. The first-order valence-corrected chi connectivity index (χ1v) is 9.47. The SMILES string of the molecule is CCOCCn1c(=NC(=O)C(C)Oc2ccccc2)sc2ccccc21. The molecule has 0 aliphatic rings. The second-order valence-corrected chi connectivity index (χ2v) is 6.73. The lowest BCUT2D eigenvalue weighted by atomic mass is 10.3. The monoisotopic (exact) mass is 370 g/mol. The molecule has 1 atom stereocenters. The largest absolute Gasteiger partial charge is 0.481 e. The molecule has 0 radical (unpaired) electrons. The third-order valence-electron chi connectivity index (χ3n) is 3.86. The number of carbonyl (C=O) groups excluding carboxylic acids is 1. The van der Waals surface area contributed by atoms with E-state index in [0.29, 0.717) is 30.3 Å². The van der Waals surface area contributed by atoms with Crippen molar-refractivity contribution in [1.29, 1.82) is 0 Å². The Labute approximate surface area is 156 Å². The zero-order valence-corrected chi connectivity index (χ0v) is 15.7. The van der Waals surface area contributed by atoms with Crippen LogP contribution < -0.4 is 9.54 Å². The molecule has 6 heteroatoms. The molecule has 0 saturated carbocycles. The highest BCUT2D eigenvalue weighted by molar-refractivity contribution is 7.16. The molecule has 26 heavy (non-hydrogen) atoms. The minimum atomic E-state index is -0.650. The van der Waals surface area contributed by atoms with E-state index < -0.39 is 6.10 Å². The van der Waals surface area contributed by atoms with E-state index in [2.05, 4.69) is 4.99 Å². The van der Waals surface area contributed by atoms with Gasteiger partial charge < -0.3 is 14.0 Å². The Morgan fingerprint density at radius 1 is 1.15 bits per heavy atom. The molecule has 0 aliphatic heterocycles. The third-order valence-corrected chi connectivity index (χ3v) is 4.92. The topological polar surface area (TPSA) is 52.8 Å². The molecule has 3 aromatic rings. The van der Waals surface area contributed by atoms with Crippen molar-refractivity contribution < 1.29 is 14.3 Å². The molecule has 1 aromatic heterocycles. The van der Waals surface area contributed by atoms with Crippen LogP contribution in [0.5, 0.6) is 5.75 Å². The highest BCUT2D eigenvalue weighted by Crippen LogP contribution is 2.17. The van der Waals surface area contributed by atoms with Gasteiger partial charge in [-0.15, -0.1) is 0 Å². The standard InChI is InChI=1S/C20H22N2O3S/c1-3-24-14-13-22-17-11-7-8-12-18(17)26-20(22)21-19(23)15(2)25-16-9-5-4-6-10-16/h4-12,15H,3,13-14H2,1-2H3. The van der Waals surface area contributed by atoms with Crippen LogP contribution in [0.15, 0.2) is 59.6 Å². The molecule has 0 aliphatic carbocycles. The Bertz CT molecular complexity index is 931. The van der Waals surface area contributed by atoms with Gasteiger partial charge in [0, 0.05) is 13.2 Å². The van der Waals surface area contributed by atoms with Gasteiger partial charge in [-0.2, -0.15) is 4.99 Å². The lowest BCUT2D eigenvalue weighted by molar-refractivity contribution is -0.124.